The topological polar surface area (TPSA) is 73.4 Å². The lowest BCUT2D eigenvalue weighted by Gasteiger charge is -2.16. The molecule has 0 atom stereocenters. The Kier molecular flexibility index (Phi) is 2.68. The van der Waals surface area contributed by atoms with Gasteiger partial charge < -0.3 is 14.7 Å². The summed E-state index contributed by atoms with van der Waals surface area (Å²) < 4.78 is 0. The van der Waals surface area contributed by atoms with Crippen molar-refractivity contribution in [3.8, 4) is 0 Å². The number of carbonyl (C=O) groups excluding carboxylic acids is 1. The fraction of sp³-hybridized carbons (Fsp3) is 0.250. The molecule has 0 aliphatic carbocycles. The van der Waals surface area contributed by atoms with Crippen molar-refractivity contribution in [2.75, 3.05) is 25.0 Å². The van der Waals surface area contributed by atoms with Gasteiger partial charge in [-0.15, -0.1) is 0 Å². The molecule has 0 bridgehead atoms. The van der Waals surface area contributed by atoms with Crippen molar-refractivity contribution in [3.63, 3.8) is 0 Å². The molecule has 0 saturated carbocycles. The number of aliphatic imine (C=N–C) groups is 1. The highest BCUT2D eigenvalue weighted by atomic mass is 16.1. The average molecular weight is 243 g/mol. The molecule has 1 aliphatic heterocycles. The highest BCUT2D eigenvalue weighted by Crippen LogP contribution is 2.14. The Hall–Kier alpha value is -2.37. The first-order chi connectivity index (χ1) is 8.86. The number of fused-ring (bicyclic) bond motifs is 1. The molecule has 6 nitrogen and oxygen atoms in total. The normalized spacial score (nSPS) is 14.9. The lowest BCUT2D eigenvalue weighted by molar-refractivity contribution is -0.108. The molecule has 18 heavy (non-hydrogen) atoms. The summed E-state index contributed by atoms with van der Waals surface area (Å²) in [6.07, 6.45) is 0.876. The van der Waals surface area contributed by atoms with Crippen LogP contribution < -0.4 is 5.32 Å². The molecule has 1 aromatic carbocycles. The number of guanidine groups is 1. The standard InChI is InChI=1S/C12H13N5O/c18-8-7-17-6-5-13-12(17)16-11-14-9-3-1-2-4-10(9)15-11/h1-4,8H,5-7H2,(H2,13,14,15,16). The van der Waals surface area contributed by atoms with Crippen LogP contribution in [0.4, 0.5) is 5.95 Å². The molecular formula is C12H13N5O. The van der Waals surface area contributed by atoms with Crippen LogP contribution in [0.1, 0.15) is 0 Å². The van der Waals surface area contributed by atoms with Crippen LogP contribution in [0.3, 0.4) is 0 Å². The Bertz CT molecular complexity index is 570. The van der Waals surface area contributed by atoms with Gasteiger partial charge in [-0.3, -0.25) is 10.3 Å². The third kappa shape index (κ3) is 1.92. The smallest absolute Gasteiger partial charge is 0.208 e. The molecule has 0 radical (unpaired) electrons. The molecule has 0 saturated heterocycles. The molecule has 6 heteroatoms. The Labute approximate surface area is 104 Å². The molecule has 2 N–H and O–H groups in total. The van der Waals surface area contributed by atoms with Crippen LogP contribution in [0.5, 0.6) is 0 Å². The van der Waals surface area contributed by atoms with Gasteiger partial charge in [0.15, 0.2) is 0 Å². The van der Waals surface area contributed by atoms with Gasteiger partial charge in [-0.1, -0.05) is 12.1 Å². The number of hydrogen-bond donors (Lipinski definition) is 2. The maximum absolute atomic E-state index is 10.6. The van der Waals surface area contributed by atoms with Crippen LogP contribution in [0.15, 0.2) is 29.3 Å². The third-order valence-corrected chi connectivity index (χ3v) is 2.85. The number of carbonyl (C=O) groups is 1. The number of anilines is 1. The third-order valence-electron chi connectivity index (χ3n) is 2.85. The van der Waals surface area contributed by atoms with Crippen LogP contribution in [0.25, 0.3) is 11.0 Å². The van der Waals surface area contributed by atoms with Crippen molar-refractivity contribution < 1.29 is 4.79 Å². The fourth-order valence-electron chi connectivity index (χ4n) is 1.99. The van der Waals surface area contributed by atoms with Crippen LogP contribution in [-0.4, -0.2) is 46.7 Å². The number of para-hydroxylation sites is 2. The maximum atomic E-state index is 10.6. The molecule has 0 unspecified atom stereocenters. The van der Waals surface area contributed by atoms with Crippen molar-refractivity contribution in [2.24, 2.45) is 4.99 Å². The minimum atomic E-state index is 0.353. The lowest BCUT2D eigenvalue weighted by Crippen LogP contribution is -2.34. The van der Waals surface area contributed by atoms with Gasteiger partial charge in [0.1, 0.15) is 6.29 Å². The van der Waals surface area contributed by atoms with E-state index in [2.05, 4.69) is 20.3 Å². The number of imidazole rings is 1. The molecule has 2 heterocycles. The van der Waals surface area contributed by atoms with Crippen LogP contribution in [0, 0.1) is 0 Å². The number of aldehydes is 1. The summed E-state index contributed by atoms with van der Waals surface area (Å²) in [5.74, 6) is 1.34. The average Bonchev–Trinajstić information content (AvgIpc) is 2.97. The second-order valence-electron chi connectivity index (χ2n) is 4.05. The van der Waals surface area contributed by atoms with Gasteiger partial charge in [-0.2, -0.15) is 0 Å². The number of hydrogen-bond acceptors (Lipinski definition) is 5. The highest BCUT2D eigenvalue weighted by Gasteiger charge is 2.17. The van der Waals surface area contributed by atoms with Crippen molar-refractivity contribution in [1.82, 2.24) is 14.9 Å². The number of aromatic amines is 1. The second kappa shape index (κ2) is 4.48. The summed E-state index contributed by atoms with van der Waals surface area (Å²) in [5, 5.41) is 3.12. The predicted octanol–water partition coefficient (Wildman–Crippen LogP) is 0.845. The molecule has 0 amide bonds. The molecule has 0 spiro atoms. The maximum Gasteiger partial charge on any atom is 0.208 e. The van der Waals surface area contributed by atoms with E-state index in [0.717, 1.165) is 23.9 Å². The Balaban J connectivity index is 1.81. The predicted molar refractivity (Wildman–Crippen MR) is 69.7 cm³/mol. The zero-order chi connectivity index (χ0) is 12.4. The SMILES string of the molecule is O=CCN1CCN=C1Nc1nc2ccccc2[nH]1. The van der Waals surface area contributed by atoms with Crippen LogP contribution >= 0.6 is 0 Å². The summed E-state index contributed by atoms with van der Waals surface area (Å²) >= 11 is 0. The van der Waals surface area contributed by atoms with E-state index in [0.29, 0.717) is 25.0 Å². The number of aromatic nitrogens is 2. The second-order valence-corrected chi connectivity index (χ2v) is 4.05. The van der Waals surface area contributed by atoms with Gasteiger partial charge in [-0.25, -0.2) is 4.98 Å². The quantitative estimate of drug-likeness (QED) is 0.784. The molecular weight excluding hydrogens is 230 g/mol. The number of nitrogens with zero attached hydrogens (tertiary/aromatic N) is 3. The minimum absolute atomic E-state index is 0.353. The van der Waals surface area contributed by atoms with Gasteiger partial charge in [-0.05, 0) is 12.1 Å². The van der Waals surface area contributed by atoms with E-state index in [1.807, 2.05) is 29.2 Å². The van der Waals surface area contributed by atoms with Crippen LogP contribution in [-0.2, 0) is 4.79 Å². The largest absolute Gasteiger partial charge is 0.334 e. The number of benzene rings is 1. The van der Waals surface area contributed by atoms with E-state index in [1.54, 1.807) is 0 Å². The van der Waals surface area contributed by atoms with E-state index in [-0.39, 0.29) is 0 Å². The van der Waals surface area contributed by atoms with Gasteiger partial charge in [0.05, 0.1) is 24.1 Å². The number of nitrogens with one attached hydrogen (secondary N) is 2. The zero-order valence-electron chi connectivity index (χ0n) is 9.76. The minimum Gasteiger partial charge on any atom is -0.334 e. The molecule has 2 aromatic rings. The van der Waals surface area contributed by atoms with Crippen LogP contribution in [0.2, 0.25) is 0 Å². The Morgan fingerprint density at radius 2 is 2.33 bits per heavy atom. The van der Waals surface area contributed by atoms with Crippen molar-refractivity contribution in [2.45, 2.75) is 0 Å². The van der Waals surface area contributed by atoms with E-state index < -0.39 is 0 Å². The summed E-state index contributed by atoms with van der Waals surface area (Å²) in [4.78, 5) is 24.3. The van der Waals surface area contributed by atoms with Crippen molar-refractivity contribution in [3.05, 3.63) is 24.3 Å². The van der Waals surface area contributed by atoms with Crippen molar-refractivity contribution in [1.29, 1.82) is 0 Å². The van der Waals surface area contributed by atoms with Gasteiger partial charge in [0, 0.05) is 6.54 Å². The summed E-state index contributed by atoms with van der Waals surface area (Å²) in [6.45, 7) is 1.82. The van der Waals surface area contributed by atoms with E-state index in [1.165, 1.54) is 0 Å². The fourth-order valence-corrected chi connectivity index (χ4v) is 1.99. The number of rotatable bonds is 3. The highest BCUT2D eigenvalue weighted by molar-refractivity contribution is 5.95. The molecule has 3 rings (SSSR count). The van der Waals surface area contributed by atoms with Gasteiger partial charge in [0.25, 0.3) is 0 Å². The zero-order valence-corrected chi connectivity index (χ0v) is 9.76. The molecule has 1 aromatic heterocycles. The van der Waals surface area contributed by atoms with E-state index in [9.17, 15) is 4.79 Å². The van der Waals surface area contributed by atoms with E-state index >= 15 is 0 Å². The van der Waals surface area contributed by atoms with E-state index in [4.69, 9.17) is 0 Å². The molecule has 0 fully saturated rings. The molecule has 92 valence electrons. The Morgan fingerprint density at radius 3 is 3.17 bits per heavy atom. The van der Waals surface area contributed by atoms with Gasteiger partial charge in [0.2, 0.25) is 11.9 Å². The van der Waals surface area contributed by atoms with Gasteiger partial charge >= 0.3 is 0 Å². The monoisotopic (exact) mass is 243 g/mol. The first-order valence-corrected chi connectivity index (χ1v) is 5.81. The Morgan fingerprint density at radius 1 is 1.44 bits per heavy atom. The number of H-pyrrole nitrogens is 1. The summed E-state index contributed by atoms with van der Waals surface area (Å²) in [5.41, 5.74) is 1.88. The van der Waals surface area contributed by atoms with Crippen molar-refractivity contribution >= 4 is 29.2 Å². The summed E-state index contributed by atoms with van der Waals surface area (Å²) in [6, 6.07) is 7.80. The first kappa shape index (κ1) is 10.8. The first-order valence-electron chi connectivity index (χ1n) is 5.81. The molecule has 1 aliphatic rings. The summed E-state index contributed by atoms with van der Waals surface area (Å²) in [7, 11) is 0. The lowest BCUT2D eigenvalue weighted by atomic mass is 10.3.